The minimum absolute atomic E-state index is 0.0641. The van der Waals surface area contributed by atoms with Crippen molar-refractivity contribution in [1.82, 2.24) is 20.6 Å². The van der Waals surface area contributed by atoms with E-state index in [4.69, 9.17) is 0 Å². The fraction of sp³-hybridized carbons (Fsp3) is 0.214. The second-order valence-corrected chi connectivity index (χ2v) is 5.45. The predicted octanol–water partition coefficient (Wildman–Crippen LogP) is 1.42. The van der Waals surface area contributed by atoms with Crippen molar-refractivity contribution in [2.75, 3.05) is 0 Å². The molecule has 2 aromatic heterocycles. The van der Waals surface area contributed by atoms with Crippen LogP contribution in [-0.4, -0.2) is 21.6 Å². The molecule has 0 radical (unpaired) electrons. The maximum Gasteiger partial charge on any atom is 0.262 e. The Labute approximate surface area is 126 Å². The summed E-state index contributed by atoms with van der Waals surface area (Å²) in [5.74, 6) is -0.718. The molecule has 0 aliphatic heterocycles. The molecule has 7 heteroatoms. The quantitative estimate of drug-likeness (QED) is 0.662. The molecule has 6 nitrogen and oxygen atoms in total. The third kappa shape index (κ3) is 4.57. The van der Waals surface area contributed by atoms with Crippen LogP contribution in [0.4, 0.5) is 0 Å². The number of rotatable bonds is 4. The normalized spacial score (nSPS) is 10.8. The van der Waals surface area contributed by atoms with Crippen molar-refractivity contribution in [3.05, 3.63) is 45.9 Å². The van der Waals surface area contributed by atoms with Gasteiger partial charge < -0.3 is 0 Å². The van der Waals surface area contributed by atoms with Crippen LogP contribution in [0.25, 0.3) is 6.08 Å². The Morgan fingerprint density at radius 1 is 1.38 bits per heavy atom. The summed E-state index contributed by atoms with van der Waals surface area (Å²) in [7, 11) is 0. The number of carbonyl (C=O) groups is 2. The molecule has 2 amide bonds. The smallest absolute Gasteiger partial charge is 0.262 e. The molecule has 0 aliphatic carbocycles. The zero-order valence-corrected chi connectivity index (χ0v) is 12.6. The molecule has 110 valence electrons. The molecule has 21 heavy (non-hydrogen) atoms. The molecule has 0 fully saturated rings. The number of aromatic nitrogens is 2. The molecular formula is C14H16N4O2S. The van der Waals surface area contributed by atoms with Crippen molar-refractivity contribution in [2.45, 2.75) is 20.4 Å². The van der Waals surface area contributed by atoms with Crippen molar-refractivity contribution < 1.29 is 9.59 Å². The van der Waals surface area contributed by atoms with Gasteiger partial charge in [-0.3, -0.25) is 25.1 Å². The van der Waals surface area contributed by atoms with Crippen LogP contribution >= 0.6 is 11.3 Å². The van der Waals surface area contributed by atoms with Gasteiger partial charge in [-0.1, -0.05) is 6.07 Å². The molecular weight excluding hydrogens is 288 g/mol. The molecule has 0 saturated carbocycles. The van der Waals surface area contributed by atoms with Crippen LogP contribution in [0.2, 0.25) is 0 Å². The molecule has 2 aromatic rings. The van der Waals surface area contributed by atoms with Gasteiger partial charge in [-0.2, -0.15) is 5.10 Å². The summed E-state index contributed by atoms with van der Waals surface area (Å²) in [6.45, 7) is 3.79. The fourth-order valence-electron chi connectivity index (χ4n) is 1.73. The van der Waals surface area contributed by atoms with Crippen molar-refractivity contribution in [3.8, 4) is 0 Å². The second-order valence-electron chi connectivity index (χ2n) is 4.47. The highest BCUT2D eigenvalue weighted by Gasteiger charge is 2.07. The highest BCUT2D eigenvalue weighted by molar-refractivity contribution is 7.10. The van der Waals surface area contributed by atoms with Crippen molar-refractivity contribution in [3.63, 3.8) is 0 Å². The first-order valence-electron chi connectivity index (χ1n) is 6.36. The molecule has 0 atom stereocenters. The van der Waals surface area contributed by atoms with Crippen molar-refractivity contribution in [1.29, 1.82) is 0 Å². The number of carbonyl (C=O) groups excluding carboxylic acids is 2. The van der Waals surface area contributed by atoms with Crippen LogP contribution in [0.5, 0.6) is 0 Å². The van der Waals surface area contributed by atoms with E-state index in [2.05, 4.69) is 16.0 Å². The monoisotopic (exact) mass is 304 g/mol. The standard InChI is InChI=1S/C14H16N4O2S/c1-10-8-11(2)18(17-10)9-14(20)16-15-13(19)6-5-12-4-3-7-21-12/h3-8H,9H2,1-2H3,(H,15,19)(H,16,20)/b6-5+. The molecule has 0 unspecified atom stereocenters. The van der Waals surface area contributed by atoms with Gasteiger partial charge in [0.15, 0.2) is 0 Å². The molecule has 0 saturated heterocycles. The summed E-state index contributed by atoms with van der Waals surface area (Å²) in [6, 6.07) is 5.68. The van der Waals surface area contributed by atoms with Crippen LogP contribution in [0.1, 0.15) is 16.3 Å². The van der Waals surface area contributed by atoms with Gasteiger partial charge in [0.25, 0.3) is 11.8 Å². The third-order valence-corrected chi connectivity index (χ3v) is 3.50. The molecule has 0 aromatic carbocycles. The largest absolute Gasteiger partial charge is 0.271 e. The van der Waals surface area contributed by atoms with Crippen molar-refractivity contribution >= 4 is 29.2 Å². The average Bonchev–Trinajstić information content (AvgIpc) is 3.04. The SMILES string of the molecule is Cc1cc(C)n(CC(=O)NNC(=O)/C=C/c2cccs2)n1. The summed E-state index contributed by atoms with van der Waals surface area (Å²) in [5, 5.41) is 6.10. The maximum atomic E-state index is 11.7. The number of hydrogen-bond acceptors (Lipinski definition) is 4. The van der Waals surface area contributed by atoms with Crippen LogP contribution in [-0.2, 0) is 16.1 Å². The minimum Gasteiger partial charge on any atom is -0.271 e. The molecule has 0 spiro atoms. The highest BCUT2D eigenvalue weighted by Crippen LogP contribution is 2.09. The number of nitrogens with zero attached hydrogens (tertiary/aromatic N) is 2. The zero-order valence-electron chi connectivity index (χ0n) is 11.8. The van der Waals surface area contributed by atoms with Crippen LogP contribution in [0.15, 0.2) is 29.7 Å². The van der Waals surface area contributed by atoms with Gasteiger partial charge in [-0.25, -0.2) is 0 Å². The van der Waals surface area contributed by atoms with E-state index < -0.39 is 0 Å². The molecule has 0 aliphatic rings. The number of amides is 2. The lowest BCUT2D eigenvalue weighted by Crippen LogP contribution is -2.42. The van der Waals surface area contributed by atoms with Gasteiger partial charge in [0, 0.05) is 16.6 Å². The van der Waals surface area contributed by atoms with Crippen LogP contribution < -0.4 is 10.9 Å². The Hall–Kier alpha value is -2.41. The van der Waals surface area contributed by atoms with Crippen LogP contribution in [0, 0.1) is 13.8 Å². The first-order chi connectivity index (χ1) is 10.0. The van der Waals surface area contributed by atoms with E-state index in [1.807, 2.05) is 37.4 Å². The Balaban J connectivity index is 1.78. The molecule has 2 rings (SSSR count). The van der Waals surface area contributed by atoms with E-state index in [1.54, 1.807) is 10.8 Å². The second kappa shape index (κ2) is 6.85. The summed E-state index contributed by atoms with van der Waals surface area (Å²) < 4.78 is 1.58. The van der Waals surface area contributed by atoms with Gasteiger partial charge >= 0.3 is 0 Å². The van der Waals surface area contributed by atoms with E-state index in [-0.39, 0.29) is 18.4 Å². The molecule has 2 N–H and O–H groups in total. The lowest BCUT2D eigenvalue weighted by molar-refractivity contribution is -0.127. The van der Waals surface area contributed by atoms with E-state index in [1.165, 1.54) is 17.4 Å². The number of nitrogens with one attached hydrogen (secondary N) is 2. The Morgan fingerprint density at radius 3 is 2.81 bits per heavy atom. The van der Waals surface area contributed by atoms with Gasteiger partial charge in [0.05, 0.1) is 5.69 Å². The summed E-state index contributed by atoms with van der Waals surface area (Å²) in [5.41, 5.74) is 6.43. The Morgan fingerprint density at radius 2 is 2.19 bits per heavy atom. The van der Waals surface area contributed by atoms with E-state index in [0.29, 0.717) is 0 Å². The fourth-order valence-corrected chi connectivity index (χ4v) is 2.35. The van der Waals surface area contributed by atoms with Gasteiger partial charge in [-0.15, -0.1) is 11.3 Å². The predicted molar refractivity (Wildman–Crippen MR) is 81.3 cm³/mol. The average molecular weight is 304 g/mol. The van der Waals surface area contributed by atoms with Gasteiger partial charge in [0.2, 0.25) is 0 Å². The summed E-state index contributed by atoms with van der Waals surface area (Å²) in [6.07, 6.45) is 3.06. The first-order valence-corrected chi connectivity index (χ1v) is 7.24. The van der Waals surface area contributed by atoms with E-state index in [9.17, 15) is 9.59 Å². The van der Waals surface area contributed by atoms with Crippen molar-refractivity contribution in [2.24, 2.45) is 0 Å². The topological polar surface area (TPSA) is 76.0 Å². The molecule has 2 heterocycles. The minimum atomic E-state index is -0.384. The lowest BCUT2D eigenvalue weighted by Gasteiger charge is -2.06. The Kier molecular flexibility index (Phi) is 4.89. The third-order valence-electron chi connectivity index (χ3n) is 2.66. The maximum absolute atomic E-state index is 11.7. The summed E-state index contributed by atoms with van der Waals surface area (Å²) in [4.78, 5) is 24.2. The highest BCUT2D eigenvalue weighted by atomic mass is 32.1. The number of thiophene rings is 1. The zero-order chi connectivity index (χ0) is 15.2. The van der Waals surface area contributed by atoms with E-state index in [0.717, 1.165) is 16.3 Å². The Bertz CT molecular complexity index is 659. The van der Waals surface area contributed by atoms with E-state index >= 15 is 0 Å². The van der Waals surface area contributed by atoms with Gasteiger partial charge in [-0.05, 0) is 37.4 Å². The number of aryl methyl sites for hydroxylation is 2. The lowest BCUT2D eigenvalue weighted by atomic mass is 10.4. The number of hydrogen-bond donors (Lipinski definition) is 2. The first kappa shape index (κ1) is 15.0. The molecule has 0 bridgehead atoms. The van der Waals surface area contributed by atoms with Gasteiger partial charge in [0.1, 0.15) is 6.54 Å². The number of hydrazine groups is 1. The summed E-state index contributed by atoms with van der Waals surface area (Å²) >= 11 is 1.53. The van der Waals surface area contributed by atoms with Crippen LogP contribution in [0.3, 0.4) is 0 Å².